The van der Waals surface area contributed by atoms with Gasteiger partial charge in [-0.3, -0.25) is 4.79 Å². The van der Waals surface area contributed by atoms with Crippen LogP contribution in [0, 0.1) is 12.3 Å². The van der Waals surface area contributed by atoms with Gasteiger partial charge in [0.15, 0.2) is 5.78 Å². The number of hydrogen-bond acceptors (Lipinski definition) is 3. The predicted octanol–water partition coefficient (Wildman–Crippen LogP) is 6.66. The molecule has 0 spiro atoms. The first kappa shape index (κ1) is 22.1. The third kappa shape index (κ3) is 5.00. The van der Waals surface area contributed by atoms with Gasteiger partial charge in [-0.1, -0.05) is 49.9 Å². The van der Waals surface area contributed by atoms with Gasteiger partial charge >= 0.3 is 0 Å². The maximum atomic E-state index is 12.7. The molecule has 2 aromatic carbocycles. The zero-order valence-corrected chi connectivity index (χ0v) is 17.8. The van der Waals surface area contributed by atoms with Gasteiger partial charge in [0.1, 0.15) is 5.75 Å². The predicted molar refractivity (Wildman–Crippen MR) is 124 cm³/mol. The number of aryl methyl sites for hydroxylation is 1. The van der Waals surface area contributed by atoms with Crippen LogP contribution >= 0.6 is 0 Å². The average molecular weight is 388 g/mol. The maximum absolute atomic E-state index is 12.7. The van der Waals surface area contributed by atoms with Crippen molar-refractivity contribution in [1.82, 2.24) is 0 Å². The molecule has 3 heteroatoms. The van der Waals surface area contributed by atoms with Gasteiger partial charge in [-0.15, -0.1) is 0 Å². The number of benzene rings is 2. The van der Waals surface area contributed by atoms with E-state index < -0.39 is 0 Å². The molecular formula is C26H29NO2. The summed E-state index contributed by atoms with van der Waals surface area (Å²) in [7, 11) is 0. The molecule has 0 aliphatic carbocycles. The summed E-state index contributed by atoms with van der Waals surface area (Å²) >= 11 is 0. The molecule has 0 aromatic heterocycles. The van der Waals surface area contributed by atoms with E-state index in [1.165, 1.54) is 0 Å². The molecule has 0 bridgehead atoms. The Kier molecular flexibility index (Phi) is 7.49. The number of nitrogens with one attached hydrogen (secondary N) is 1. The van der Waals surface area contributed by atoms with Crippen LogP contribution in [0.25, 0.3) is 22.3 Å². The number of ketones is 1. The van der Waals surface area contributed by atoms with Gasteiger partial charge in [-0.25, -0.2) is 0 Å². The number of allylic oxidation sites excluding steroid dienone is 4. The van der Waals surface area contributed by atoms with E-state index >= 15 is 0 Å². The van der Waals surface area contributed by atoms with Crippen LogP contribution in [0.2, 0.25) is 0 Å². The number of hydrogen-bond donors (Lipinski definition) is 1. The second-order valence-electron chi connectivity index (χ2n) is 6.98. The standard InChI is InChI=1S/C26H29NO2/c1-7-24(28)23(14-18(5)16-27)22-15-20(13-12-19(22)6)26-21(17(3)4)10-9-11-25(26)29-8-2/h9-16,27H,3,5,7-8H2,1-2,4,6H3/b23-14+,27-16?. The van der Waals surface area contributed by atoms with Crippen molar-refractivity contribution in [2.45, 2.75) is 34.1 Å². The van der Waals surface area contributed by atoms with Crippen LogP contribution in [0.1, 0.15) is 43.9 Å². The Morgan fingerprint density at radius 2 is 1.86 bits per heavy atom. The minimum atomic E-state index is 0.0199. The van der Waals surface area contributed by atoms with Crippen molar-refractivity contribution in [1.29, 1.82) is 5.41 Å². The summed E-state index contributed by atoms with van der Waals surface area (Å²) in [4.78, 5) is 12.7. The summed E-state index contributed by atoms with van der Waals surface area (Å²) < 4.78 is 5.90. The number of rotatable bonds is 9. The topological polar surface area (TPSA) is 50.2 Å². The summed E-state index contributed by atoms with van der Waals surface area (Å²) in [6.07, 6.45) is 3.23. The molecule has 0 fully saturated rings. The van der Waals surface area contributed by atoms with E-state index in [1.807, 2.05) is 64.1 Å². The molecular weight excluding hydrogens is 358 g/mol. The molecule has 0 saturated carbocycles. The fraction of sp³-hybridized carbons (Fsp3) is 0.231. The lowest BCUT2D eigenvalue weighted by Crippen LogP contribution is -2.04. The molecule has 3 nitrogen and oxygen atoms in total. The fourth-order valence-corrected chi connectivity index (χ4v) is 3.25. The van der Waals surface area contributed by atoms with Crippen molar-refractivity contribution < 1.29 is 9.53 Å². The molecule has 0 aliphatic heterocycles. The Hall–Kier alpha value is -3.20. The third-order valence-electron chi connectivity index (χ3n) is 4.74. The van der Waals surface area contributed by atoms with Gasteiger partial charge in [0.05, 0.1) is 6.61 Å². The minimum Gasteiger partial charge on any atom is -0.493 e. The zero-order valence-electron chi connectivity index (χ0n) is 17.8. The first-order valence-electron chi connectivity index (χ1n) is 9.81. The van der Waals surface area contributed by atoms with E-state index in [4.69, 9.17) is 10.1 Å². The van der Waals surface area contributed by atoms with E-state index in [1.54, 1.807) is 6.08 Å². The summed E-state index contributed by atoms with van der Waals surface area (Å²) in [5.41, 5.74) is 6.79. The normalized spacial score (nSPS) is 11.1. The molecule has 2 rings (SSSR count). The van der Waals surface area contributed by atoms with Crippen LogP contribution in [0.4, 0.5) is 0 Å². The minimum absolute atomic E-state index is 0.0199. The molecule has 150 valence electrons. The second kappa shape index (κ2) is 9.83. The quantitative estimate of drug-likeness (QED) is 0.297. The average Bonchev–Trinajstić information content (AvgIpc) is 2.72. The van der Waals surface area contributed by atoms with Crippen LogP contribution in [-0.4, -0.2) is 18.6 Å². The van der Waals surface area contributed by atoms with Crippen molar-refractivity contribution in [2.24, 2.45) is 0 Å². The molecule has 29 heavy (non-hydrogen) atoms. The van der Waals surface area contributed by atoms with Crippen LogP contribution in [0.15, 0.2) is 61.2 Å². The zero-order chi connectivity index (χ0) is 21.6. The monoisotopic (exact) mass is 387 g/mol. The van der Waals surface area contributed by atoms with Crippen molar-refractivity contribution in [2.75, 3.05) is 6.61 Å². The van der Waals surface area contributed by atoms with Crippen LogP contribution < -0.4 is 4.74 Å². The van der Waals surface area contributed by atoms with Gasteiger partial charge in [0.25, 0.3) is 0 Å². The summed E-state index contributed by atoms with van der Waals surface area (Å²) in [6.45, 7) is 16.3. The maximum Gasteiger partial charge on any atom is 0.163 e. The lowest BCUT2D eigenvalue weighted by atomic mass is 9.89. The van der Waals surface area contributed by atoms with Gasteiger partial charge < -0.3 is 10.1 Å². The molecule has 0 aliphatic rings. The van der Waals surface area contributed by atoms with Gasteiger partial charge in [-0.2, -0.15) is 0 Å². The first-order chi connectivity index (χ1) is 13.8. The highest BCUT2D eigenvalue weighted by Crippen LogP contribution is 2.38. The highest BCUT2D eigenvalue weighted by Gasteiger charge is 2.17. The van der Waals surface area contributed by atoms with Crippen molar-refractivity contribution in [3.8, 4) is 16.9 Å². The second-order valence-corrected chi connectivity index (χ2v) is 6.98. The molecule has 0 heterocycles. The molecule has 0 radical (unpaired) electrons. The van der Waals surface area contributed by atoms with E-state index in [0.717, 1.165) is 45.4 Å². The number of Topliss-reactive ketones (excluding diaryl/α,β-unsaturated/α-hetero) is 1. The Labute approximate surface area is 173 Å². The highest BCUT2D eigenvalue weighted by atomic mass is 16.5. The summed E-state index contributed by atoms with van der Waals surface area (Å²) in [5, 5.41) is 7.44. The van der Waals surface area contributed by atoms with Crippen LogP contribution in [0.3, 0.4) is 0 Å². The Morgan fingerprint density at radius 3 is 2.45 bits per heavy atom. The smallest absolute Gasteiger partial charge is 0.163 e. The van der Waals surface area contributed by atoms with E-state index in [9.17, 15) is 4.79 Å². The van der Waals surface area contributed by atoms with E-state index in [-0.39, 0.29) is 5.78 Å². The van der Waals surface area contributed by atoms with Gasteiger partial charge in [-0.05, 0) is 66.8 Å². The van der Waals surface area contributed by atoms with Crippen LogP contribution in [0.5, 0.6) is 5.75 Å². The van der Waals surface area contributed by atoms with Crippen molar-refractivity contribution in [3.05, 3.63) is 77.9 Å². The molecule has 0 amide bonds. The molecule has 0 saturated heterocycles. The lowest BCUT2D eigenvalue weighted by Gasteiger charge is -2.18. The van der Waals surface area contributed by atoms with Gasteiger partial charge in [0, 0.05) is 23.8 Å². The molecule has 1 N–H and O–H groups in total. The third-order valence-corrected chi connectivity index (χ3v) is 4.74. The van der Waals surface area contributed by atoms with Gasteiger partial charge in [0.2, 0.25) is 0 Å². The molecule has 0 atom stereocenters. The summed E-state index contributed by atoms with van der Waals surface area (Å²) in [5.74, 6) is 0.811. The molecule has 2 aromatic rings. The number of carbonyl (C=O) groups is 1. The lowest BCUT2D eigenvalue weighted by molar-refractivity contribution is -0.113. The SMILES string of the molecule is C=C(C=N)/C=C(/C(=O)CC)c1cc(-c2c(OCC)cccc2C(=C)C)ccc1C. The van der Waals surface area contributed by atoms with Crippen molar-refractivity contribution in [3.63, 3.8) is 0 Å². The van der Waals surface area contributed by atoms with Crippen molar-refractivity contribution >= 4 is 23.1 Å². The molecule has 0 unspecified atom stereocenters. The first-order valence-corrected chi connectivity index (χ1v) is 9.81. The van der Waals surface area contributed by atoms with E-state index in [2.05, 4.69) is 13.2 Å². The fourth-order valence-electron chi connectivity index (χ4n) is 3.25. The Morgan fingerprint density at radius 1 is 1.14 bits per heavy atom. The number of carbonyl (C=O) groups excluding carboxylic acids is 1. The van der Waals surface area contributed by atoms with Crippen LogP contribution in [-0.2, 0) is 4.79 Å². The number of ether oxygens (including phenoxy) is 1. The summed E-state index contributed by atoms with van der Waals surface area (Å²) in [6, 6.07) is 12.0. The Balaban J connectivity index is 2.78. The Bertz CT molecular complexity index is 996. The van der Waals surface area contributed by atoms with E-state index in [0.29, 0.717) is 24.2 Å². The largest absolute Gasteiger partial charge is 0.493 e. The highest BCUT2D eigenvalue weighted by molar-refractivity contribution is 6.22.